The van der Waals surface area contributed by atoms with Crippen molar-refractivity contribution in [1.82, 2.24) is 9.97 Å². The van der Waals surface area contributed by atoms with Gasteiger partial charge < -0.3 is 10.8 Å². The van der Waals surface area contributed by atoms with Crippen LogP contribution in [0, 0.1) is 9.39 Å². The van der Waals surface area contributed by atoms with E-state index >= 15 is 0 Å². The average Bonchev–Trinajstić information content (AvgIpc) is 2.98. The summed E-state index contributed by atoms with van der Waals surface area (Å²) >= 11 is 2.18. The maximum atomic E-state index is 13.5. The van der Waals surface area contributed by atoms with Crippen LogP contribution in [0.4, 0.5) is 10.2 Å². The lowest BCUT2D eigenvalue weighted by atomic mass is 10.0. The van der Waals surface area contributed by atoms with Crippen LogP contribution in [0.3, 0.4) is 0 Å². The number of nitrogens with two attached hydrogens (primary N) is 1. The number of rotatable bonds is 2. The van der Waals surface area contributed by atoms with Crippen LogP contribution in [-0.2, 0) is 0 Å². The molecule has 6 heteroatoms. The number of aromatic hydroxyl groups is 1. The van der Waals surface area contributed by atoms with Crippen molar-refractivity contribution in [3.63, 3.8) is 0 Å². The standard InChI is InChI=1S/C15H15FIN3O/c16-10-7-9(5-6-11(10)21)15-19-13(8-3-1-2-4-8)12(17)14(18)20-15/h5-8,21H,1-4H2,(H2,18,19,20). The summed E-state index contributed by atoms with van der Waals surface area (Å²) < 4.78 is 14.4. The molecule has 21 heavy (non-hydrogen) atoms. The number of phenols is 1. The van der Waals surface area contributed by atoms with Gasteiger partial charge >= 0.3 is 0 Å². The number of hydrogen-bond donors (Lipinski definition) is 2. The summed E-state index contributed by atoms with van der Waals surface area (Å²) in [6.07, 6.45) is 4.62. The SMILES string of the molecule is Nc1nc(-c2ccc(O)c(F)c2)nc(C2CCCC2)c1I. The number of halogens is 2. The smallest absolute Gasteiger partial charge is 0.165 e. The topological polar surface area (TPSA) is 72.0 Å². The van der Waals surface area contributed by atoms with Gasteiger partial charge in [0, 0.05) is 11.5 Å². The fraction of sp³-hybridized carbons (Fsp3) is 0.333. The van der Waals surface area contributed by atoms with Gasteiger partial charge in [0.2, 0.25) is 0 Å². The van der Waals surface area contributed by atoms with Crippen molar-refractivity contribution in [2.24, 2.45) is 0 Å². The number of anilines is 1. The Morgan fingerprint density at radius 1 is 1.24 bits per heavy atom. The highest BCUT2D eigenvalue weighted by Gasteiger charge is 2.23. The second-order valence-electron chi connectivity index (χ2n) is 5.28. The van der Waals surface area contributed by atoms with Gasteiger partial charge in [0.15, 0.2) is 17.4 Å². The Morgan fingerprint density at radius 2 is 1.95 bits per heavy atom. The quantitative estimate of drug-likeness (QED) is 0.753. The van der Waals surface area contributed by atoms with Crippen LogP contribution in [-0.4, -0.2) is 15.1 Å². The molecule has 0 spiro atoms. The second-order valence-corrected chi connectivity index (χ2v) is 6.36. The minimum atomic E-state index is -0.685. The normalized spacial score (nSPS) is 15.5. The molecule has 2 aromatic rings. The number of benzene rings is 1. The van der Waals surface area contributed by atoms with Gasteiger partial charge in [0.05, 0.1) is 9.26 Å². The van der Waals surface area contributed by atoms with E-state index in [4.69, 9.17) is 5.73 Å². The van der Waals surface area contributed by atoms with Crippen LogP contribution in [0.2, 0.25) is 0 Å². The lowest BCUT2D eigenvalue weighted by molar-refractivity contribution is 0.432. The fourth-order valence-electron chi connectivity index (χ4n) is 2.73. The average molecular weight is 399 g/mol. The van der Waals surface area contributed by atoms with E-state index in [1.807, 2.05) is 0 Å². The van der Waals surface area contributed by atoms with Gasteiger partial charge in [-0.1, -0.05) is 12.8 Å². The number of hydrogen-bond acceptors (Lipinski definition) is 4. The number of nitrogen functional groups attached to an aromatic ring is 1. The molecule has 110 valence electrons. The van der Waals surface area contributed by atoms with Gasteiger partial charge in [-0.2, -0.15) is 0 Å². The summed E-state index contributed by atoms with van der Waals surface area (Å²) in [4.78, 5) is 8.87. The van der Waals surface area contributed by atoms with Gasteiger partial charge in [-0.3, -0.25) is 0 Å². The lowest BCUT2D eigenvalue weighted by Gasteiger charge is -2.14. The van der Waals surface area contributed by atoms with Crippen molar-refractivity contribution in [3.8, 4) is 17.1 Å². The molecule has 3 rings (SSSR count). The molecule has 0 amide bonds. The van der Waals surface area contributed by atoms with E-state index in [0.29, 0.717) is 23.1 Å². The number of nitrogens with zero attached hydrogens (tertiary/aromatic N) is 2. The van der Waals surface area contributed by atoms with Crippen LogP contribution < -0.4 is 5.73 Å². The molecule has 1 aromatic carbocycles. The van der Waals surface area contributed by atoms with Crippen LogP contribution in [0.25, 0.3) is 11.4 Å². The first kappa shape index (κ1) is 14.5. The molecule has 0 saturated heterocycles. The van der Waals surface area contributed by atoms with Gasteiger partial charge in [0.25, 0.3) is 0 Å². The third-order valence-electron chi connectivity index (χ3n) is 3.85. The Kier molecular flexibility index (Phi) is 3.97. The summed E-state index contributed by atoms with van der Waals surface area (Å²) in [6.45, 7) is 0. The van der Waals surface area contributed by atoms with Gasteiger partial charge in [-0.05, 0) is 53.6 Å². The third kappa shape index (κ3) is 2.81. The molecule has 0 aliphatic heterocycles. The predicted octanol–water partition coefficient (Wildman–Crippen LogP) is 3.83. The summed E-state index contributed by atoms with van der Waals surface area (Å²) in [5.41, 5.74) is 7.48. The zero-order valence-corrected chi connectivity index (χ0v) is 13.5. The molecule has 0 bridgehead atoms. The first-order chi connectivity index (χ1) is 10.1. The third-order valence-corrected chi connectivity index (χ3v) is 4.96. The van der Waals surface area contributed by atoms with Crippen LogP contribution in [0.1, 0.15) is 37.3 Å². The minimum Gasteiger partial charge on any atom is -0.505 e. The summed E-state index contributed by atoms with van der Waals surface area (Å²) in [6, 6.07) is 4.13. The van der Waals surface area contributed by atoms with Crippen LogP contribution in [0.15, 0.2) is 18.2 Å². The Hall–Kier alpha value is -1.44. The van der Waals surface area contributed by atoms with Crippen LogP contribution >= 0.6 is 22.6 Å². The maximum absolute atomic E-state index is 13.5. The van der Waals surface area contributed by atoms with Crippen molar-refractivity contribution < 1.29 is 9.50 Å². The summed E-state index contributed by atoms with van der Waals surface area (Å²) in [5, 5.41) is 9.27. The minimum absolute atomic E-state index is 0.381. The molecule has 4 nitrogen and oxygen atoms in total. The van der Waals surface area contributed by atoms with Crippen molar-refractivity contribution in [1.29, 1.82) is 0 Å². The molecular weight excluding hydrogens is 384 g/mol. The molecule has 1 heterocycles. The van der Waals surface area contributed by atoms with Crippen molar-refractivity contribution in [3.05, 3.63) is 33.3 Å². The van der Waals surface area contributed by atoms with Crippen molar-refractivity contribution >= 4 is 28.4 Å². The summed E-state index contributed by atoms with van der Waals surface area (Å²) in [7, 11) is 0. The largest absolute Gasteiger partial charge is 0.505 e. The zero-order valence-electron chi connectivity index (χ0n) is 11.3. The maximum Gasteiger partial charge on any atom is 0.165 e. The molecule has 0 radical (unpaired) electrons. The van der Waals surface area contributed by atoms with Gasteiger partial charge in [-0.25, -0.2) is 14.4 Å². The Bertz CT molecular complexity index is 687. The van der Waals surface area contributed by atoms with E-state index in [2.05, 4.69) is 32.6 Å². The van der Waals surface area contributed by atoms with Gasteiger partial charge in [-0.15, -0.1) is 0 Å². The fourth-order valence-corrected chi connectivity index (χ4v) is 3.41. The highest BCUT2D eigenvalue weighted by Crippen LogP contribution is 2.37. The number of phenolic OH excluding ortho intramolecular Hbond substituents is 1. The lowest BCUT2D eigenvalue weighted by Crippen LogP contribution is -2.08. The first-order valence-electron chi connectivity index (χ1n) is 6.88. The second kappa shape index (κ2) is 5.75. The van der Waals surface area contributed by atoms with Crippen LogP contribution in [0.5, 0.6) is 5.75 Å². The zero-order chi connectivity index (χ0) is 15.0. The molecule has 1 saturated carbocycles. The molecule has 0 atom stereocenters. The molecule has 1 aliphatic rings. The molecular formula is C15H15FIN3O. The Balaban J connectivity index is 2.08. The molecule has 3 N–H and O–H groups in total. The van der Waals surface area contributed by atoms with E-state index < -0.39 is 5.82 Å². The molecule has 1 aromatic heterocycles. The van der Waals surface area contributed by atoms with E-state index in [0.717, 1.165) is 22.1 Å². The monoisotopic (exact) mass is 399 g/mol. The molecule has 1 aliphatic carbocycles. The van der Waals surface area contributed by atoms with E-state index in [1.54, 1.807) is 6.07 Å². The Morgan fingerprint density at radius 3 is 2.62 bits per heavy atom. The first-order valence-corrected chi connectivity index (χ1v) is 7.96. The molecule has 0 unspecified atom stereocenters. The van der Waals surface area contributed by atoms with Crippen molar-refractivity contribution in [2.45, 2.75) is 31.6 Å². The molecule has 1 fully saturated rings. The highest BCUT2D eigenvalue weighted by atomic mass is 127. The Labute approximate surface area is 135 Å². The highest BCUT2D eigenvalue weighted by molar-refractivity contribution is 14.1. The predicted molar refractivity (Wildman–Crippen MR) is 87.4 cm³/mol. The van der Waals surface area contributed by atoms with E-state index in [-0.39, 0.29) is 5.75 Å². The van der Waals surface area contributed by atoms with Crippen molar-refractivity contribution in [2.75, 3.05) is 5.73 Å². The summed E-state index contributed by atoms with van der Waals surface area (Å²) in [5.74, 6) is 0.177. The van der Waals surface area contributed by atoms with E-state index in [9.17, 15) is 9.50 Å². The van der Waals surface area contributed by atoms with Gasteiger partial charge in [0.1, 0.15) is 5.82 Å². The van der Waals surface area contributed by atoms with E-state index in [1.165, 1.54) is 25.0 Å². The number of aromatic nitrogens is 2.